The lowest BCUT2D eigenvalue weighted by molar-refractivity contribution is -0.119. The van der Waals surface area contributed by atoms with Crippen LogP contribution in [0.25, 0.3) is 0 Å². The van der Waals surface area contributed by atoms with E-state index in [9.17, 15) is 13.6 Å². The Kier molecular flexibility index (Phi) is 4.54. The quantitative estimate of drug-likeness (QED) is 0.880. The highest BCUT2D eigenvalue weighted by Crippen LogP contribution is 2.29. The first-order valence-electron chi connectivity index (χ1n) is 6.73. The van der Waals surface area contributed by atoms with Crippen LogP contribution in [0.2, 0.25) is 0 Å². The number of nitrogens with two attached hydrogens (primary N) is 2. The summed E-state index contributed by atoms with van der Waals surface area (Å²) in [6.07, 6.45) is 1.86. The van der Waals surface area contributed by atoms with E-state index in [2.05, 4.69) is 0 Å². The zero-order chi connectivity index (χ0) is 14.7. The average Bonchev–Trinajstić information content (AvgIpc) is 2.42. The second-order valence-electron chi connectivity index (χ2n) is 5.18. The number of benzene rings is 1. The van der Waals surface area contributed by atoms with Gasteiger partial charge in [-0.15, -0.1) is 0 Å². The average molecular weight is 283 g/mol. The molecule has 0 aromatic heterocycles. The summed E-state index contributed by atoms with van der Waals surface area (Å²) < 4.78 is 27.7. The number of rotatable bonds is 4. The maximum Gasteiger partial charge on any atom is 0.217 e. The standard InChI is InChI=1S/C14H19F2N3O/c15-13-10(8-17)1-2-11(14(13)16)19-5-3-9(4-6-19)7-12(18)20/h1-2,9H,3-8,17H2,(H2,18,20). The normalized spacial score (nSPS) is 16.4. The van der Waals surface area contributed by atoms with Crippen LogP contribution < -0.4 is 16.4 Å². The summed E-state index contributed by atoms with van der Waals surface area (Å²) in [6.45, 7) is 1.16. The van der Waals surface area contributed by atoms with Crippen LogP contribution in [0.15, 0.2) is 12.1 Å². The highest BCUT2D eigenvalue weighted by atomic mass is 19.2. The van der Waals surface area contributed by atoms with Crippen molar-refractivity contribution in [2.45, 2.75) is 25.8 Å². The molecule has 110 valence electrons. The largest absolute Gasteiger partial charge is 0.370 e. The lowest BCUT2D eigenvalue weighted by Crippen LogP contribution is -2.35. The van der Waals surface area contributed by atoms with Crippen molar-refractivity contribution in [2.24, 2.45) is 17.4 Å². The first-order valence-corrected chi connectivity index (χ1v) is 6.73. The summed E-state index contributed by atoms with van der Waals surface area (Å²) in [6, 6.07) is 3.08. The number of amides is 1. The third-order valence-electron chi connectivity index (χ3n) is 3.81. The van der Waals surface area contributed by atoms with Crippen molar-refractivity contribution in [2.75, 3.05) is 18.0 Å². The summed E-state index contributed by atoms with van der Waals surface area (Å²) in [5, 5.41) is 0. The zero-order valence-corrected chi connectivity index (χ0v) is 11.2. The molecule has 1 aliphatic rings. The first kappa shape index (κ1) is 14.7. The number of anilines is 1. The minimum atomic E-state index is -0.871. The second kappa shape index (κ2) is 6.17. The summed E-state index contributed by atoms with van der Waals surface area (Å²) in [5.41, 5.74) is 11.0. The maximum absolute atomic E-state index is 14.0. The van der Waals surface area contributed by atoms with Gasteiger partial charge in [-0.05, 0) is 24.8 Å². The summed E-state index contributed by atoms with van der Waals surface area (Å²) in [7, 11) is 0. The van der Waals surface area contributed by atoms with E-state index in [1.54, 1.807) is 11.0 Å². The number of hydrogen-bond acceptors (Lipinski definition) is 3. The molecular weight excluding hydrogens is 264 g/mol. The van der Waals surface area contributed by atoms with Crippen LogP contribution in [0.5, 0.6) is 0 Å². The highest BCUT2D eigenvalue weighted by Gasteiger charge is 2.24. The van der Waals surface area contributed by atoms with Gasteiger partial charge in [0.1, 0.15) is 0 Å². The number of nitrogens with zero attached hydrogens (tertiary/aromatic N) is 1. The molecule has 0 bridgehead atoms. The summed E-state index contributed by atoms with van der Waals surface area (Å²) in [4.78, 5) is 12.7. The minimum Gasteiger partial charge on any atom is -0.370 e. The van der Waals surface area contributed by atoms with E-state index in [-0.39, 0.29) is 29.6 Å². The number of halogens is 2. The van der Waals surface area contributed by atoms with Gasteiger partial charge in [-0.3, -0.25) is 4.79 Å². The van der Waals surface area contributed by atoms with Crippen molar-refractivity contribution >= 4 is 11.6 Å². The van der Waals surface area contributed by atoms with Crippen molar-refractivity contribution in [3.63, 3.8) is 0 Å². The van der Waals surface area contributed by atoms with Crippen molar-refractivity contribution in [1.82, 2.24) is 0 Å². The van der Waals surface area contributed by atoms with E-state index in [0.717, 1.165) is 12.8 Å². The van der Waals surface area contributed by atoms with Crippen LogP contribution in [0.4, 0.5) is 14.5 Å². The zero-order valence-electron chi connectivity index (χ0n) is 11.2. The van der Waals surface area contributed by atoms with E-state index in [1.165, 1.54) is 6.07 Å². The van der Waals surface area contributed by atoms with Gasteiger partial charge in [0.25, 0.3) is 0 Å². The predicted molar refractivity (Wildman–Crippen MR) is 73.0 cm³/mol. The molecule has 1 aliphatic heterocycles. The number of piperidine rings is 1. The molecule has 20 heavy (non-hydrogen) atoms. The van der Waals surface area contributed by atoms with Crippen molar-refractivity contribution in [3.05, 3.63) is 29.3 Å². The molecule has 0 atom stereocenters. The molecule has 0 saturated carbocycles. The fourth-order valence-electron chi connectivity index (χ4n) is 2.64. The Labute approximate surface area is 116 Å². The van der Waals surface area contributed by atoms with Crippen molar-refractivity contribution in [1.29, 1.82) is 0 Å². The number of carbonyl (C=O) groups is 1. The molecule has 2 rings (SSSR count). The molecule has 6 heteroatoms. The Balaban J connectivity index is 2.07. The fourth-order valence-corrected chi connectivity index (χ4v) is 2.64. The minimum absolute atomic E-state index is 0.0241. The monoisotopic (exact) mass is 283 g/mol. The van der Waals surface area contributed by atoms with Gasteiger partial charge in [-0.2, -0.15) is 0 Å². The molecular formula is C14H19F2N3O. The van der Waals surface area contributed by atoms with Crippen LogP contribution in [-0.2, 0) is 11.3 Å². The SMILES string of the molecule is NCc1ccc(N2CCC(CC(N)=O)CC2)c(F)c1F. The van der Waals surface area contributed by atoms with Gasteiger partial charge in [0.15, 0.2) is 11.6 Å². The van der Waals surface area contributed by atoms with E-state index in [4.69, 9.17) is 11.5 Å². The predicted octanol–water partition coefficient (Wildman–Crippen LogP) is 1.52. The molecule has 4 nitrogen and oxygen atoms in total. The van der Waals surface area contributed by atoms with Gasteiger partial charge in [-0.25, -0.2) is 8.78 Å². The summed E-state index contributed by atoms with van der Waals surface area (Å²) >= 11 is 0. The molecule has 0 unspecified atom stereocenters. The third-order valence-corrected chi connectivity index (χ3v) is 3.81. The van der Waals surface area contributed by atoms with Gasteiger partial charge >= 0.3 is 0 Å². The van der Waals surface area contributed by atoms with Gasteiger partial charge < -0.3 is 16.4 Å². The fraction of sp³-hybridized carbons (Fsp3) is 0.500. The maximum atomic E-state index is 14.0. The van der Waals surface area contributed by atoms with E-state index < -0.39 is 11.6 Å². The molecule has 1 aromatic carbocycles. The molecule has 1 heterocycles. The number of primary amides is 1. The van der Waals surface area contributed by atoms with Crippen LogP contribution >= 0.6 is 0 Å². The first-order chi connectivity index (χ1) is 9.52. The molecule has 1 amide bonds. The Morgan fingerprint density at radius 1 is 1.25 bits per heavy atom. The lowest BCUT2D eigenvalue weighted by Gasteiger charge is -2.33. The van der Waals surface area contributed by atoms with Crippen LogP contribution in [0.1, 0.15) is 24.8 Å². The van der Waals surface area contributed by atoms with E-state index in [1.807, 2.05) is 0 Å². The molecule has 1 saturated heterocycles. The van der Waals surface area contributed by atoms with Crippen LogP contribution in [-0.4, -0.2) is 19.0 Å². The molecule has 1 fully saturated rings. The Morgan fingerprint density at radius 2 is 1.90 bits per heavy atom. The Bertz CT molecular complexity index is 499. The van der Waals surface area contributed by atoms with Crippen LogP contribution in [0, 0.1) is 17.6 Å². The number of hydrogen-bond donors (Lipinski definition) is 2. The second-order valence-corrected chi connectivity index (χ2v) is 5.18. The smallest absolute Gasteiger partial charge is 0.217 e. The lowest BCUT2D eigenvalue weighted by atomic mass is 9.93. The van der Waals surface area contributed by atoms with Gasteiger partial charge in [0, 0.05) is 31.6 Å². The van der Waals surface area contributed by atoms with Gasteiger partial charge in [0.05, 0.1) is 5.69 Å². The molecule has 0 spiro atoms. The Hall–Kier alpha value is -1.69. The highest BCUT2D eigenvalue weighted by molar-refractivity contribution is 5.74. The summed E-state index contributed by atoms with van der Waals surface area (Å²) in [5.74, 6) is -1.79. The molecule has 0 aliphatic carbocycles. The van der Waals surface area contributed by atoms with Crippen LogP contribution in [0.3, 0.4) is 0 Å². The topological polar surface area (TPSA) is 72.3 Å². The molecule has 0 radical (unpaired) electrons. The van der Waals surface area contributed by atoms with Gasteiger partial charge in [0.2, 0.25) is 5.91 Å². The van der Waals surface area contributed by atoms with E-state index in [0.29, 0.717) is 19.5 Å². The van der Waals surface area contributed by atoms with E-state index >= 15 is 0 Å². The molecule has 4 N–H and O–H groups in total. The third kappa shape index (κ3) is 3.07. The molecule has 1 aromatic rings. The Morgan fingerprint density at radius 3 is 2.45 bits per heavy atom. The van der Waals surface area contributed by atoms with Gasteiger partial charge in [-0.1, -0.05) is 6.07 Å². The van der Waals surface area contributed by atoms with Crippen molar-refractivity contribution in [3.8, 4) is 0 Å². The van der Waals surface area contributed by atoms with Crippen molar-refractivity contribution < 1.29 is 13.6 Å². The number of carbonyl (C=O) groups excluding carboxylic acids is 1.